The number of amides is 1. The third-order valence-corrected chi connectivity index (χ3v) is 4.84. The number of carbonyl (C=O) groups excluding carboxylic acids is 1. The molecule has 8 heteroatoms. The minimum absolute atomic E-state index is 0.0685. The van der Waals surface area contributed by atoms with Crippen molar-refractivity contribution in [1.82, 2.24) is 4.90 Å². The number of likely N-dealkylation sites (tertiary alicyclic amines) is 1. The molecule has 1 saturated heterocycles. The zero-order valence-corrected chi connectivity index (χ0v) is 14.2. The molecular weight excluding hydrogens is 334 g/mol. The molecule has 0 saturated carbocycles. The van der Waals surface area contributed by atoms with Gasteiger partial charge in [0.05, 0.1) is 18.8 Å². The summed E-state index contributed by atoms with van der Waals surface area (Å²) in [5, 5.41) is 9.24. The molecule has 3 unspecified atom stereocenters. The Labute approximate surface area is 142 Å². The van der Waals surface area contributed by atoms with Gasteiger partial charge >= 0.3 is 12.1 Å². The Morgan fingerprint density at radius 2 is 1.92 bits per heavy atom. The van der Waals surface area contributed by atoms with Crippen LogP contribution in [-0.2, 0) is 32.8 Å². The molecule has 1 aliphatic rings. The lowest BCUT2D eigenvalue weighted by Crippen LogP contribution is -2.48. The van der Waals surface area contributed by atoms with E-state index in [2.05, 4.69) is 0 Å². The van der Waals surface area contributed by atoms with Crippen LogP contribution < -0.4 is 0 Å². The van der Waals surface area contributed by atoms with Crippen molar-refractivity contribution in [3.8, 4) is 0 Å². The second-order valence-corrected chi connectivity index (χ2v) is 6.79. The maximum Gasteiger partial charge on any atom is 0.409 e. The Hall–Kier alpha value is -1.93. The normalized spacial score (nSPS) is 22.0. The second kappa shape index (κ2) is 8.25. The summed E-state index contributed by atoms with van der Waals surface area (Å²) < 4.78 is 24.5. The van der Waals surface area contributed by atoms with Crippen molar-refractivity contribution in [1.29, 1.82) is 0 Å². The van der Waals surface area contributed by atoms with Crippen LogP contribution in [0.2, 0.25) is 0 Å². The Balaban J connectivity index is 2.11. The largest absolute Gasteiger partial charge is 0.481 e. The van der Waals surface area contributed by atoms with Crippen molar-refractivity contribution in [2.24, 2.45) is 5.92 Å². The van der Waals surface area contributed by atoms with Crippen LogP contribution in [0, 0.1) is 5.92 Å². The zero-order chi connectivity index (χ0) is 17.7. The van der Waals surface area contributed by atoms with Gasteiger partial charge in [-0.15, -0.1) is 0 Å². The van der Waals surface area contributed by atoms with Gasteiger partial charge in [0.15, 0.2) is 11.1 Å². The first-order valence-electron chi connectivity index (χ1n) is 7.63. The van der Waals surface area contributed by atoms with Crippen molar-refractivity contribution in [3.05, 3.63) is 35.4 Å². The molecule has 0 bridgehead atoms. The van der Waals surface area contributed by atoms with E-state index in [-0.39, 0.29) is 11.8 Å². The molecule has 2 rings (SSSR count). The molecule has 1 aromatic carbocycles. The SMILES string of the molecule is COC(=O)N1CCC(C(=O)O)CC1Cc1ccc(CS(=O)O)cc1. The van der Waals surface area contributed by atoms with E-state index >= 15 is 0 Å². The van der Waals surface area contributed by atoms with E-state index in [1.54, 1.807) is 17.0 Å². The molecule has 0 spiro atoms. The van der Waals surface area contributed by atoms with Crippen molar-refractivity contribution in [2.45, 2.75) is 31.1 Å². The molecule has 24 heavy (non-hydrogen) atoms. The third-order valence-electron chi connectivity index (χ3n) is 4.26. The number of rotatable bonds is 5. The van der Waals surface area contributed by atoms with Crippen LogP contribution in [0.15, 0.2) is 24.3 Å². The molecule has 1 aromatic rings. The lowest BCUT2D eigenvalue weighted by atomic mass is 9.88. The highest BCUT2D eigenvalue weighted by Gasteiger charge is 2.35. The number of hydrogen-bond donors (Lipinski definition) is 2. The molecule has 132 valence electrons. The molecule has 2 N–H and O–H groups in total. The molecule has 1 heterocycles. The van der Waals surface area contributed by atoms with E-state index in [0.717, 1.165) is 11.1 Å². The summed E-state index contributed by atoms with van der Waals surface area (Å²) in [6.45, 7) is 0.357. The molecule has 0 radical (unpaired) electrons. The Morgan fingerprint density at radius 3 is 2.46 bits per heavy atom. The topological polar surface area (TPSA) is 104 Å². The first-order chi connectivity index (χ1) is 11.4. The van der Waals surface area contributed by atoms with Crippen LogP contribution in [0.1, 0.15) is 24.0 Å². The molecule has 1 fully saturated rings. The van der Waals surface area contributed by atoms with Crippen molar-refractivity contribution < 1.29 is 28.2 Å². The summed E-state index contributed by atoms with van der Waals surface area (Å²) in [5.41, 5.74) is 1.68. The standard InChI is InChI=1S/C16H21NO6S/c1-23-16(20)17-7-6-13(15(18)19)9-14(17)8-11-2-4-12(5-3-11)10-24(21)22/h2-5,13-14H,6-10H2,1H3,(H,18,19)(H,21,22). The van der Waals surface area contributed by atoms with Crippen LogP contribution in [0.4, 0.5) is 4.79 Å². The zero-order valence-electron chi connectivity index (χ0n) is 13.4. The molecule has 3 atom stereocenters. The van der Waals surface area contributed by atoms with E-state index in [9.17, 15) is 18.9 Å². The molecule has 1 aliphatic heterocycles. The van der Waals surface area contributed by atoms with E-state index in [0.29, 0.717) is 25.8 Å². The van der Waals surface area contributed by atoms with Crippen LogP contribution >= 0.6 is 0 Å². The van der Waals surface area contributed by atoms with Crippen molar-refractivity contribution >= 4 is 23.1 Å². The van der Waals surface area contributed by atoms with Gasteiger partial charge in [-0.1, -0.05) is 24.3 Å². The smallest absolute Gasteiger partial charge is 0.409 e. The lowest BCUT2D eigenvalue weighted by Gasteiger charge is -2.37. The van der Waals surface area contributed by atoms with Gasteiger partial charge in [-0.2, -0.15) is 0 Å². The van der Waals surface area contributed by atoms with Gasteiger partial charge in [-0.05, 0) is 30.4 Å². The first-order valence-corrected chi connectivity index (χ1v) is 8.91. The number of carbonyl (C=O) groups is 2. The number of hydrogen-bond acceptors (Lipinski definition) is 4. The summed E-state index contributed by atoms with van der Waals surface area (Å²) in [7, 11) is 1.31. The number of aliphatic carboxylic acids is 1. The first kappa shape index (κ1) is 18.4. The number of carboxylic acid groups (broad SMARTS) is 1. The van der Waals surface area contributed by atoms with Gasteiger partial charge in [0.25, 0.3) is 0 Å². The van der Waals surface area contributed by atoms with Crippen LogP contribution in [0.25, 0.3) is 0 Å². The number of piperidine rings is 1. The van der Waals surface area contributed by atoms with Gasteiger partial charge in [-0.3, -0.25) is 4.79 Å². The van der Waals surface area contributed by atoms with Crippen LogP contribution in [0.5, 0.6) is 0 Å². The van der Waals surface area contributed by atoms with E-state index in [1.807, 2.05) is 12.1 Å². The third kappa shape index (κ3) is 4.78. The Morgan fingerprint density at radius 1 is 1.29 bits per heavy atom. The van der Waals surface area contributed by atoms with Crippen molar-refractivity contribution in [2.75, 3.05) is 13.7 Å². The van der Waals surface area contributed by atoms with Crippen molar-refractivity contribution in [3.63, 3.8) is 0 Å². The maximum absolute atomic E-state index is 11.9. The highest BCUT2D eigenvalue weighted by molar-refractivity contribution is 7.78. The fraction of sp³-hybridized carbons (Fsp3) is 0.500. The summed E-state index contributed by atoms with van der Waals surface area (Å²) in [6, 6.07) is 6.96. The number of nitrogens with zero attached hydrogens (tertiary/aromatic N) is 1. The molecule has 7 nitrogen and oxygen atoms in total. The number of carboxylic acids is 1. The summed E-state index contributed by atoms with van der Waals surface area (Å²) in [6.07, 6.45) is 0.868. The van der Waals surface area contributed by atoms with Gasteiger partial charge in [0.1, 0.15) is 0 Å². The molecule has 0 aliphatic carbocycles. The number of methoxy groups -OCH3 is 1. The van der Waals surface area contributed by atoms with Gasteiger partial charge in [-0.25, -0.2) is 9.00 Å². The minimum Gasteiger partial charge on any atom is -0.481 e. The highest BCUT2D eigenvalue weighted by atomic mass is 32.2. The van der Waals surface area contributed by atoms with Crippen LogP contribution in [-0.4, -0.2) is 50.5 Å². The van der Waals surface area contributed by atoms with Gasteiger partial charge in [0, 0.05) is 12.6 Å². The quantitative estimate of drug-likeness (QED) is 0.782. The fourth-order valence-corrected chi connectivity index (χ4v) is 3.49. The minimum atomic E-state index is -1.89. The monoisotopic (exact) mass is 355 g/mol. The maximum atomic E-state index is 11.9. The van der Waals surface area contributed by atoms with E-state index in [4.69, 9.17) is 9.29 Å². The summed E-state index contributed by atoms with van der Waals surface area (Å²) in [5.74, 6) is -1.24. The fourth-order valence-electron chi connectivity index (χ4n) is 3.01. The van der Waals surface area contributed by atoms with Crippen LogP contribution in [0.3, 0.4) is 0 Å². The Bertz CT molecular complexity index is 617. The molecular formula is C16H21NO6S. The Kier molecular flexibility index (Phi) is 6.33. The summed E-state index contributed by atoms with van der Waals surface area (Å²) in [4.78, 5) is 24.8. The predicted molar refractivity (Wildman–Crippen MR) is 87.9 cm³/mol. The summed E-state index contributed by atoms with van der Waals surface area (Å²) >= 11 is -1.89. The molecule has 0 aromatic heterocycles. The average molecular weight is 355 g/mol. The predicted octanol–water partition coefficient (Wildman–Crippen LogP) is 1.88. The van der Waals surface area contributed by atoms with E-state index < -0.39 is 29.1 Å². The van der Waals surface area contributed by atoms with E-state index in [1.165, 1.54) is 7.11 Å². The highest BCUT2D eigenvalue weighted by Crippen LogP contribution is 2.26. The number of benzene rings is 1. The van der Waals surface area contributed by atoms with Gasteiger partial charge < -0.3 is 19.3 Å². The second-order valence-electron chi connectivity index (χ2n) is 5.86. The van der Waals surface area contributed by atoms with Gasteiger partial charge in [0.2, 0.25) is 0 Å². The number of ether oxygens (including phenoxy) is 1. The lowest BCUT2D eigenvalue weighted by molar-refractivity contribution is -0.144. The average Bonchev–Trinajstić information content (AvgIpc) is 2.55. The molecule has 1 amide bonds.